The van der Waals surface area contributed by atoms with Crippen LogP contribution in [0.4, 0.5) is 5.82 Å². The quantitative estimate of drug-likeness (QED) is 0.686. The molecule has 1 aliphatic carbocycles. The van der Waals surface area contributed by atoms with E-state index in [2.05, 4.69) is 4.98 Å². The minimum Gasteiger partial charge on any atom is -0.465 e. The first kappa shape index (κ1) is 15.5. The molecular weight excluding hydrogens is 314 g/mol. The topological polar surface area (TPSA) is 87.2 Å². The van der Waals surface area contributed by atoms with Crippen molar-refractivity contribution >= 4 is 23.1 Å². The minimum absolute atomic E-state index is 0.103. The van der Waals surface area contributed by atoms with Gasteiger partial charge in [0.1, 0.15) is 5.82 Å². The molecule has 0 fully saturated rings. The van der Waals surface area contributed by atoms with E-state index < -0.39 is 0 Å². The van der Waals surface area contributed by atoms with Crippen molar-refractivity contribution in [2.45, 2.75) is 19.4 Å². The maximum atomic E-state index is 12.2. The summed E-state index contributed by atoms with van der Waals surface area (Å²) in [5, 5.41) is 3.92. The number of carbonyl (C=O) groups excluding carboxylic acids is 1. The lowest BCUT2D eigenvalue weighted by Gasteiger charge is -2.16. The van der Waals surface area contributed by atoms with Crippen LogP contribution in [0.25, 0.3) is 11.1 Å². The molecule has 0 bridgehead atoms. The molecule has 1 aliphatic rings. The van der Waals surface area contributed by atoms with Crippen LogP contribution in [-0.2, 0) is 9.53 Å². The van der Waals surface area contributed by atoms with Gasteiger partial charge in [-0.25, -0.2) is 4.79 Å². The Hall–Kier alpha value is -2.41. The van der Waals surface area contributed by atoms with Crippen LogP contribution in [-0.4, -0.2) is 22.1 Å². The molecule has 2 N–H and O–H groups in total. The van der Waals surface area contributed by atoms with Gasteiger partial charge in [0.25, 0.3) is 0 Å². The molecule has 3 rings (SSSR count). The van der Waals surface area contributed by atoms with Crippen molar-refractivity contribution in [1.29, 1.82) is 0 Å². The summed E-state index contributed by atoms with van der Waals surface area (Å²) in [5.74, 6) is 0.0500. The van der Waals surface area contributed by atoms with Crippen LogP contribution in [0, 0.1) is 5.92 Å². The normalized spacial score (nSPS) is 19.9. The number of anilines is 1. The molecule has 0 amide bonds. The smallest absolute Gasteiger partial charge is 0.350 e. The first-order chi connectivity index (χ1) is 11.0. The number of hydrogen-bond donors (Lipinski definition) is 1. The number of nitrogens with two attached hydrogens (primary N) is 1. The first-order valence-corrected chi connectivity index (χ1v) is 8.22. The van der Waals surface area contributed by atoms with Gasteiger partial charge in [0, 0.05) is 24.6 Å². The third-order valence-corrected chi connectivity index (χ3v) is 4.50. The van der Waals surface area contributed by atoms with Crippen molar-refractivity contribution in [2.24, 2.45) is 5.92 Å². The summed E-state index contributed by atoms with van der Waals surface area (Å²) in [5.41, 5.74) is 7.23. The highest BCUT2D eigenvalue weighted by atomic mass is 32.1. The predicted molar refractivity (Wildman–Crippen MR) is 89.1 cm³/mol. The average Bonchev–Trinajstić information content (AvgIpc) is 3.16. The second kappa shape index (κ2) is 6.37. The van der Waals surface area contributed by atoms with Crippen LogP contribution in [0.3, 0.4) is 0 Å². The van der Waals surface area contributed by atoms with Gasteiger partial charge in [0.2, 0.25) is 0 Å². The molecule has 0 radical (unpaired) electrons. The third kappa shape index (κ3) is 3.34. The fourth-order valence-corrected chi connectivity index (χ4v) is 3.32. The van der Waals surface area contributed by atoms with Gasteiger partial charge in [-0.15, -0.1) is 0 Å². The van der Waals surface area contributed by atoms with Gasteiger partial charge in [0.15, 0.2) is 0 Å². The summed E-state index contributed by atoms with van der Waals surface area (Å²) in [4.78, 5) is 27.0. The van der Waals surface area contributed by atoms with Crippen LogP contribution in [0.2, 0.25) is 0 Å². The van der Waals surface area contributed by atoms with E-state index in [4.69, 9.17) is 10.5 Å². The van der Waals surface area contributed by atoms with E-state index in [0.717, 1.165) is 11.1 Å². The van der Waals surface area contributed by atoms with Gasteiger partial charge < -0.3 is 10.5 Å². The Labute approximate surface area is 137 Å². The maximum absolute atomic E-state index is 12.2. The Bertz CT molecular complexity index is 795. The highest BCUT2D eigenvalue weighted by Gasteiger charge is 2.23. The number of carbonyl (C=O) groups is 1. The number of nitrogens with zero attached hydrogens (tertiary/aromatic N) is 2. The van der Waals surface area contributed by atoms with Crippen molar-refractivity contribution in [3.05, 3.63) is 45.7 Å². The van der Waals surface area contributed by atoms with E-state index in [1.807, 2.05) is 29.0 Å². The fourth-order valence-electron chi connectivity index (χ4n) is 2.67. The summed E-state index contributed by atoms with van der Waals surface area (Å²) < 4.78 is 6.62. The summed E-state index contributed by atoms with van der Waals surface area (Å²) in [6, 6.07) is 1.84. The number of allylic oxidation sites excluding steroid dienone is 1. The molecule has 23 heavy (non-hydrogen) atoms. The standard InChI is InChI=1S/C16H17N3O3S/c1-10(20)22-8-11-2-3-13(6-11)19-7-14(12-4-5-23-9-12)15(17)18-16(19)21/h2-5,7,9,11,13H,6,8H2,1H3,(H2,17,18,21)/t11-,13+/m1/s1. The van der Waals surface area contributed by atoms with Crippen LogP contribution < -0.4 is 11.4 Å². The molecule has 0 spiro atoms. The van der Waals surface area contributed by atoms with E-state index in [1.54, 1.807) is 22.1 Å². The molecule has 120 valence electrons. The molecule has 0 saturated heterocycles. The number of ether oxygens (including phenoxy) is 1. The maximum Gasteiger partial charge on any atom is 0.350 e. The zero-order valence-electron chi connectivity index (χ0n) is 12.6. The number of aromatic nitrogens is 2. The fraction of sp³-hybridized carbons (Fsp3) is 0.312. The van der Waals surface area contributed by atoms with Crippen molar-refractivity contribution in [3.8, 4) is 11.1 Å². The first-order valence-electron chi connectivity index (χ1n) is 7.27. The second-order valence-electron chi connectivity index (χ2n) is 5.49. The van der Waals surface area contributed by atoms with Gasteiger partial charge in [-0.3, -0.25) is 9.36 Å². The van der Waals surface area contributed by atoms with Gasteiger partial charge in [-0.1, -0.05) is 12.2 Å². The molecule has 6 nitrogen and oxygen atoms in total. The van der Waals surface area contributed by atoms with Crippen molar-refractivity contribution in [2.75, 3.05) is 12.3 Å². The minimum atomic E-state index is -0.371. The van der Waals surface area contributed by atoms with Gasteiger partial charge in [-0.05, 0) is 28.8 Å². The zero-order valence-corrected chi connectivity index (χ0v) is 13.5. The van der Waals surface area contributed by atoms with Gasteiger partial charge in [-0.2, -0.15) is 16.3 Å². The zero-order chi connectivity index (χ0) is 16.4. The molecule has 2 aromatic heterocycles. The monoisotopic (exact) mass is 331 g/mol. The molecule has 2 atom stereocenters. The lowest BCUT2D eigenvalue weighted by atomic mass is 10.1. The average molecular weight is 331 g/mol. The predicted octanol–water partition coefficient (Wildman–Crippen LogP) is 2.23. The van der Waals surface area contributed by atoms with E-state index in [9.17, 15) is 9.59 Å². The number of thiophene rings is 1. The summed E-state index contributed by atoms with van der Waals surface area (Å²) in [6.45, 7) is 1.72. The Morgan fingerprint density at radius 2 is 2.35 bits per heavy atom. The SMILES string of the molecule is CC(=O)OC[C@@H]1C=C[C@H](n2cc(-c3ccsc3)c(N)nc2=O)C1. The second-order valence-corrected chi connectivity index (χ2v) is 6.27. The largest absolute Gasteiger partial charge is 0.465 e. The lowest BCUT2D eigenvalue weighted by Crippen LogP contribution is -2.27. The van der Waals surface area contributed by atoms with Crippen molar-refractivity contribution in [3.63, 3.8) is 0 Å². The lowest BCUT2D eigenvalue weighted by molar-refractivity contribution is -0.141. The van der Waals surface area contributed by atoms with E-state index in [-0.39, 0.29) is 29.4 Å². The molecular formula is C16H17N3O3S. The number of esters is 1. The molecule has 2 aromatic rings. The van der Waals surface area contributed by atoms with Crippen LogP contribution in [0.15, 0.2) is 40.0 Å². The van der Waals surface area contributed by atoms with E-state index in [1.165, 1.54) is 6.92 Å². The van der Waals surface area contributed by atoms with Gasteiger partial charge in [0.05, 0.1) is 12.6 Å². The Kier molecular flexibility index (Phi) is 4.29. The highest BCUT2D eigenvalue weighted by Crippen LogP contribution is 2.30. The van der Waals surface area contributed by atoms with E-state index in [0.29, 0.717) is 13.0 Å². The van der Waals surface area contributed by atoms with Crippen LogP contribution in [0.5, 0.6) is 0 Å². The Morgan fingerprint density at radius 3 is 3.04 bits per heavy atom. The molecule has 7 heteroatoms. The van der Waals surface area contributed by atoms with Crippen molar-refractivity contribution < 1.29 is 9.53 Å². The third-order valence-electron chi connectivity index (χ3n) is 3.82. The number of nitrogen functional groups attached to an aromatic ring is 1. The molecule has 0 aliphatic heterocycles. The molecule has 0 unspecified atom stereocenters. The summed E-state index contributed by atoms with van der Waals surface area (Å²) in [6.07, 6.45) is 6.38. The number of rotatable bonds is 4. The number of hydrogen-bond acceptors (Lipinski definition) is 6. The summed E-state index contributed by atoms with van der Waals surface area (Å²) >= 11 is 1.56. The van der Waals surface area contributed by atoms with E-state index >= 15 is 0 Å². The molecule has 0 aromatic carbocycles. The Morgan fingerprint density at radius 1 is 1.52 bits per heavy atom. The molecule has 0 saturated carbocycles. The van der Waals surface area contributed by atoms with Crippen LogP contribution in [0.1, 0.15) is 19.4 Å². The van der Waals surface area contributed by atoms with Crippen LogP contribution >= 0.6 is 11.3 Å². The molecule has 2 heterocycles. The van der Waals surface area contributed by atoms with Crippen molar-refractivity contribution in [1.82, 2.24) is 9.55 Å². The summed E-state index contributed by atoms with van der Waals surface area (Å²) in [7, 11) is 0. The highest BCUT2D eigenvalue weighted by molar-refractivity contribution is 7.08. The Balaban J connectivity index is 1.84. The van der Waals surface area contributed by atoms with Gasteiger partial charge >= 0.3 is 11.7 Å².